The molecule has 0 saturated carbocycles. The Morgan fingerprint density at radius 3 is 3.21 bits per heavy atom. The summed E-state index contributed by atoms with van der Waals surface area (Å²) in [4.78, 5) is 7.10. The number of nitrogens with zero attached hydrogens (tertiary/aromatic N) is 3. The number of nitriles is 1. The topological polar surface area (TPSA) is 78.5 Å². The number of aryl methyl sites for hydroxylation is 1. The minimum atomic E-state index is 0.395. The third-order valence-corrected chi connectivity index (χ3v) is 1.76. The zero-order valence-electron chi connectivity index (χ0n) is 7.40. The fraction of sp³-hybridized carbons (Fsp3) is 0.222. The zero-order chi connectivity index (χ0) is 9.80. The van der Waals surface area contributed by atoms with Crippen molar-refractivity contribution in [2.45, 2.75) is 12.8 Å². The molecule has 0 saturated heterocycles. The molecule has 0 aromatic carbocycles. The van der Waals surface area contributed by atoms with Crippen LogP contribution in [0.2, 0.25) is 0 Å². The van der Waals surface area contributed by atoms with E-state index in [1.807, 2.05) is 18.2 Å². The molecule has 2 aromatic heterocycles. The third kappa shape index (κ3) is 1.64. The van der Waals surface area contributed by atoms with Gasteiger partial charge in [-0.25, -0.2) is 0 Å². The quantitative estimate of drug-likeness (QED) is 0.791. The van der Waals surface area contributed by atoms with E-state index in [0.29, 0.717) is 24.6 Å². The van der Waals surface area contributed by atoms with Crippen molar-refractivity contribution in [3.63, 3.8) is 0 Å². The highest BCUT2D eigenvalue weighted by atomic mass is 16.5. The number of H-pyrrole nitrogens is 1. The highest BCUT2D eigenvalue weighted by molar-refractivity contribution is 5.47. The average Bonchev–Trinajstić information content (AvgIpc) is 2.85. The SMILES string of the molecule is N#CCCc1nc(-c2ccc[nH]2)no1. The lowest BCUT2D eigenvalue weighted by molar-refractivity contribution is 0.380. The number of rotatable bonds is 3. The Balaban J connectivity index is 2.15. The summed E-state index contributed by atoms with van der Waals surface area (Å²) in [5.41, 5.74) is 0.817. The summed E-state index contributed by atoms with van der Waals surface area (Å²) in [6.45, 7) is 0. The van der Waals surface area contributed by atoms with Crippen LogP contribution < -0.4 is 0 Å². The molecule has 0 atom stereocenters. The molecule has 0 aliphatic rings. The van der Waals surface area contributed by atoms with Gasteiger partial charge < -0.3 is 9.51 Å². The Morgan fingerprint density at radius 2 is 2.50 bits per heavy atom. The van der Waals surface area contributed by atoms with Crippen LogP contribution in [0, 0.1) is 11.3 Å². The van der Waals surface area contributed by atoms with Gasteiger partial charge in [0.05, 0.1) is 11.8 Å². The second-order valence-corrected chi connectivity index (χ2v) is 2.75. The van der Waals surface area contributed by atoms with E-state index < -0.39 is 0 Å². The molecule has 2 rings (SSSR count). The van der Waals surface area contributed by atoms with Gasteiger partial charge in [0.15, 0.2) is 0 Å². The van der Waals surface area contributed by atoms with Gasteiger partial charge in [0.2, 0.25) is 11.7 Å². The van der Waals surface area contributed by atoms with E-state index in [1.54, 1.807) is 6.20 Å². The molecule has 0 aliphatic carbocycles. The predicted molar refractivity (Wildman–Crippen MR) is 48.0 cm³/mol. The molecule has 70 valence electrons. The largest absolute Gasteiger partial charge is 0.359 e. The normalized spacial score (nSPS) is 9.93. The van der Waals surface area contributed by atoms with E-state index in [0.717, 1.165) is 5.69 Å². The van der Waals surface area contributed by atoms with Crippen LogP contribution in [-0.2, 0) is 6.42 Å². The fourth-order valence-corrected chi connectivity index (χ4v) is 1.10. The highest BCUT2D eigenvalue weighted by Gasteiger charge is 2.07. The summed E-state index contributed by atoms with van der Waals surface area (Å²) in [6.07, 6.45) is 2.69. The summed E-state index contributed by atoms with van der Waals surface area (Å²) in [5, 5.41) is 12.2. The molecule has 0 spiro atoms. The van der Waals surface area contributed by atoms with E-state index in [2.05, 4.69) is 15.1 Å². The summed E-state index contributed by atoms with van der Waals surface area (Å²) in [5.74, 6) is 1.03. The average molecular weight is 188 g/mol. The van der Waals surface area contributed by atoms with Gasteiger partial charge in [-0.3, -0.25) is 0 Å². The van der Waals surface area contributed by atoms with Gasteiger partial charge in [0, 0.05) is 19.0 Å². The molecule has 5 nitrogen and oxygen atoms in total. The second-order valence-electron chi connectivity index (χ2n) is 2.75. The van der Waals surface area contributed by atoms with Crippen LogP contribution in [0.15, 0.2) is 22.9 Å². The number of aromatic amines is 1. The Labute approximate surface area is 80.4 Å². The Hall–Kier alpha value is -2.09. The van der Waals surface area contributed by atoms with Gasteiger partial charge in [0.1, 0.15) is 0 Å². The van der Waals surface area contributed by atoms with Crippen molar-refractivity contribution in [2.24, 2.45) is 0 Å². The predicted octanol–water partition coefficient (Wildman–Crippen LogP) is 1.52. The van der Waals surface area contributed by atoms with E-state index in [1.165, 1.54) is 0 Å². The second kappa shape index (κ2) is 3.75. The summed E-state index contributed by atoms with van der Waals surface area (Å²) in [6, 6.07) is 5.75. The maximum Gasteiger partial charge on any atom is 0.228 e. The van der Waals surface area contributed by atoms with E-state index >= 15 is 0 Å². The van der Waals surface area contributed by atoms with E-state index in [9.17, 15) is 0 Å². The van der Waals surface area contributed by atoms with Crippen molar-refractivity contribution in [2.75, 3.05) is 0 Å². The summed E-state index contributed by atoms with van der Waals surface area (Å²) in [7, 11) is 0. The molecular formula is C9H8N4O. The Bertz CT molecular complexity index is 438. The molecule has 0 bridgehead atoms. The first-order chi connectivity index (χ1) is 6.90. The third-order valence-electron chi connectivity index (χ3n) is 1.76. The molecule has 2 aromatic rings. The number of nitrogens with one attached hydrogen (secondary N) is 1. The van der Waals surface area contributed by atoms with E-state index in [-0.39, 0.29) is 0 Å². The Morgan fingerprint density at radius 1 is 1.57 bits per heavy atom. The monoisotopic (exact) mass is 188 g/mol. The molecular weight excluding hydrogens is 180 g/mol. The highest BCUT2D eigenvalue weighted by Crippen LogP contribution is 2.12. The number of aromatic nitrogens is 3. The number of hydrogen-bond donors (Lipinski definition) is 1. The van der Waals surface area contributed by atoms with Crippen molar-refractivity contribution >= 4 is 0 Å². The first-order valence-electron chi connectivity index (χ1n) is 4.23. The van der Waals surface area contributed by atoms with Crippen LogP contribution >= 0.6 is 0 Å². The lowest BCUT2D eigenvalue weighted by atomic mass is 10.3. The summed E-state index contributed by atoms with van der Waals surface area (Å²) < 4.78 is 4.96. The zero-order valence-corrected chi connectivity index (χ0v) is 7.40. The maximum absolute atomic E-state index is 8.37. The first kappa shape index (κ1) is 8.51. The lowest BCUT2D eigenvalue weighted by Gasteiger charge is -1.84. The van der Waals surface area contributed by atoms with Gasteiger partial charge in [0.25, 0.3) is 0 Å². The van der Waals surface area contributed by atoms with Crippen molar-refractivity contribution in [3.05, 3.63) is 24.2 Å². The van der Waals surface area contributed by atoms with Crippen LogP contribution in [0.1, 0.15) is 12.3 Å². The first-order valence-corrected chi connectivity index (χ1v) is 4.23. The van der Waals surface area contributed by atoms with Crippen molar-refractivity contribution < 1.29 is 4.52 Å². The molecule has 5 heteroatoms. The standard InChI is InChI=1S/C9H8N4O/c10-5-1-4-8-12-9(13-14-8)7-3-2-6-11-7/h2-3,6,11H,1,4H2. The maximum atomic E-state index is 8.37. The molecule has 0 unspecified atom stereocenters. The van der Waals surface area contributed by atoms with Crippen LogP contribution in [0.3, 0.4) is 0 Å². The van der Waals surface area contributed by atoms with E-state index in [4.69, 9.17) is 9.78 Å². The van der Waals surface area contributed by atoms with Gasteiger partial charge in [-0.15, -0.1) is 0 Å². The minimum Gasteiger partial charge on any atom is -0.359 e. The lowest BCUT2D eigenvalue weighted by Crippen LogP contribution is -1.84. The molecule has 1 N–H and O–H groups in total. The molecule has 2 heterocycles. The molecule has 14 heavy (non-hydrogen) atoms. The van der Waals surface area contributed by atoms with Crippen molar-refractivity contribution in [3.8, 4) is 17.6 Å². The number of hydrogen-bond acceptors (Lipinski definition) is 4. The molecule has 0 amide bonds. The van der Waals surface area contributed by atoms with Gasteiger partial charge >= 0.3 is 0 Å². The minimum absolute atomic E-state index is 0.395. The van der Waals surface area contributed by atoms with Gasteiger partial charge in [-0.05, 0) is 12.1 Å². The van der Waals surface area contributed by atoms with Crippen LogP contribution in [0.5, 0.6) is 0 Å². The van der Waals surface area contributed by atoms with Crippen LogP contribution in [0.4, 0.5) is 0 Å². The molecule has 0 radical (unpaired) electrons. The van der Waals surface area contributed by atoms with Gasteiger partial charge in [-0.2, -0.15) is 10.2 Å². The van der Waals surface area contributed by atoms with Gasteiger partial charge in [-0.1, -0.05) is 5.16 Å². The Kier molecular flexibility index (Phi) is 2.28. The molecule has 0 aliphatic heterocycles. The summed E-state index contributed by atoms with van der Waals surface area (Å²) >= 11 is 0. The van der Waals surface area contributed by atoms with Crippen molar-refractivity contribution in [1.29, 1.82) is 5.26 Å². The molecule has 0 fully saturated rings. The van der Waals surface area contributed by atoms with Crippen LogP contribution in [-0.4, -0.2) is 15.1 Å². The van der Waals surface area contributed by atoms with Crippen LogP contribution in [0.25, 0.3) is 11.5 Å². The van der Waals surface area contributed by atoms with Crippen molar-refractivity contribution in [1.82, 2.24) is 15.1 Å². The fourth-order valence-electron chi connectivity index (χ4n) is 1.10. The smallest absolute Gasteiger partial charge is 0.228 e.